The average Bonchev–Trinajstić information content (AvgIpc) is 2.97. The number of carbonyl (C=O) groups excluding carboxylic acids is 1. The van der Waals surface area contributed by atoms with E-state index in [4.69, 9.17) is 21.4 Å². The second-order valence-electron chi connectivity index (χ2n) is 5.99. The van der Waals surface area contributed by atoms with Crippen LogP contribution < -0.4 is 0 Å². The molecule has 1 aromatic carbocycles. The predicted molar refractivity (Wildman–Crippen MR) is 91.7 cm³/mol. The van der Waals surface area contributed by atoms with Gasteiger partial charge in [0, 0.05) is 12.1 Å². The van der Waals surface area contributed by atoms with Crippen LogP contribution in [0.1, 0.15) is 19.8 Å². The lowest BCUT2D eigenvalue weighted by atomic mass is 9.99. The van der Waals surface area contributed by atoms with Crippen molar-refractivity contribution in [3.05, 3.63) is 34.9 Å². The van der Waals surface area contributed by atoms with E-state index in [2.05, 4.69) is 10.00 Å². The van der Waals surface area contributed by atoms with E-state index in [1.165, 1.54) is 12.1 Å². The second kappa shape index (κ2) is 7.88. The molecule has 0 spiro atoms. The van der Waals surface area contributed by atoms with Crippen LogP contribution in [0, 0.1) is 16.6 Å². The molecular formula is C17H20FN3O3S. The van der Waals surface area contributed by atoms with E-state index in [-0.39, 0.29) is 22.5 Å². The Morgan fingerprint density at radius 2 is 2.20 bits per heavy atom. The van der Waals surface area contributed by atoms with E-state index in [1.807, 2.05) is 6.92 Å². The highest BCUT2D eigenvalue weighted by atomic mass is 32.1. The third-order valence-electron chi connectivity index (χ3n) is 4.16. The molecule has 0 bridgehead atoms. The quantitative estimate of drug-likeness (QED) is 0.599. The van der Waals surface area contributed by atoms with Gasteiger partial charge in [0.25, 0.3) is 4.84 Å². The lowest BCUT2D eigenvalue weighted by Gasteiger charge is -2.30. The van der Waals surface area contributed by atoms with Gasteiger partial charge in [0.1, 0.15) is 5.82 Å². The molecule has 2 heterocycles. The molecular weight excluding hydrogens is 345 g/mol. The number of likely N-dealkylation sites (tertiary alicyclic amines) is 1. The standard InChI is InChI=1S/C17H20FN3O3S/c1-2-23-16(22)13-4-3-9-20(10-13)11-21-17(25)24-15(19-21)12-5-7-14(18)8-6-12/h5-8,13H,2-4,9-11H2,1H3/t13-/m1/s1. The summed E-state index contributed by atoms with van der Waals surface area (Å²) in [6.07, 6.45) is 1.75. The number of aromatic nitrogens is 2. The lowest BCUT2D eigenvalue weighted by molar-refractivity contribution is -0.150. The predicted octanol–water partition coefficient (Wildman–Crippen LogP) is 3.24. The molecule has 8 heteroatoms. The van der Waals surface area contributed by atoms with Gasteiger partial charge in [-0.15, -0.1) is 5.10 Å². The molecule has 2 aromatic rings. The number of hydrogen-bond acceptors (Lipinski definition) is 6. The van der Waals surface area contributed by atoms with E-state index in [0.29, 0.717) is 31.3 Å². The van der Waals surface area contributed by atoms with Gasteiger partial charge in [-0.2, -0.15) is 0 Å². The van der Waals surface area contributed by atoms with Gasteiger partial charge in [-0.25, -0.2) is 9.07 Å². The van der Waals surface area contributed by atoms with Crippen LogP contribution in [-0.4, -0.2) is 40.3 Å². The van der Waals surface area contributed by atoms with Gasteiger partial charge in [0.2, 0.25) is 5.89 Å². The summed E-state index contributed by atoms with van der Waals surface area (Å²) in [6.45, 7) is 4.12. The lowest BCUT2D eigenvalue weighted by Crippen LogP contribution is -2.40. The topological polar surface area (TPSA) is 60.5 Å². The van der Waals surface area contributed by atoms with Crippen molar-refractivity contribution in [2.24, 2.45) is 5.92 Å². The van der Waals surface area contributed by atoms with E-state index < -0.39 is 0 Å². The summed E-state index contributed by atoms with van der Waals surface area (Å²) in [6, 6.07) is 5.89. The first kappa shape index (κ1) is 17.8. The first-order valence-corrected chi connectivity index (χ1v) is 8.70. The molecule has 25 heavy (non-hydrogen) atoms. The number of hydrogen-bond donors (Lipinski definition) is 0. The monoisotopic (exact) mass is 365 g/mol. The van der Waals surface area contributed by atoms with Crippen LogP contribution in [-0.2, 0) is 16.2 Å². The van der Waals surface area contributed by atoms with E-state index in [0.717, 1.165) is 19.4 Å². The molecule has 134 valence electrons. The molecule has 0 radical (unpaired) electrons. The summed E-state index contributed by atoms with van der Waals surface area (Å²) < 4.78 is 25.3. The fourth-order valence-corrected chi connectivity index (χ4v) is 3.11. The Hall–Kier alpha value is -2.06. The minimum absolute atomic E-state index is 0.119. The zero-order valence-electron chi connectivity index (χ0n) is 14.0. The van der Waals surface area contributed by atoms with Crippen molar-refractivity contribution >= 4 is 18.2 Å². The van der Waals surface area contributed by atoms with Crippen LogP contribution in [0.4, 0.5) is 4.39 Å². The maximum atomic E-state index is 13.0. The molecule has 6 nitrogen and oxygen atoms in total. The number of halogens is 1. The smallest absolute Gasteiger partial charge is 0.310 e. The third kappa shape index (κ3) is 4.32. The minimum Gasteiger partial charge on any atom is -0.466 e. The van der Waals surface area contributed by atoms with Crippen molar-refractivity contribution in [3.8, 4) is 11.5 Å². The molecule has 1 aliphatic rings. The Balaban J connectivity index is 1.69. The van der Waals surface area contributed by atoms with Crippen LogP contribution in [0.25, 0.3) is 11.5 Å². The summed E-state index contributed by atoms with van der Waals surface area (Å²) in [5, 5.41) is 4.38. The van der Waals surface area contributed by atoms with Crippen molar-refractivity contribution in [1.29, 1.82) is 0 Å². The summed E-state index contributed by atoms with van der Waals surface area (Å²) in [5.41, 5.74) is 0.661. The summed E-state index contributed by atoms with van der Waals surface area (Å²) in [7, 11) is 0. The largest absolute Gasteiger partial charge is 0.466 e. The fraction of sp³-hybridized carbons (Fsp3) is 0.471. The Kier molecular flexibility index (Phi) is 5.60. The van der Waals surface area contributed by atoms with Crippen molar-refractivity contribution in [3.63, 3.8) is 0 Å². The zero-order valence-corrected chi connectivity index (χ0v) is 14.8. The SMILES string of the molecule is CCOC(=O)[C@@H]1CCCN(Cn2nc(-c3ccc(F)cc3)oc2=S)C1. The van der Waals surface area contributed by atoms with Crippen molar-refractivity contribution in [2.75, 3.05) is 19.7 Å². The molecule has 3 rings (SSSR count). The Labute approximate surface area is 150 Å². The number of piperidine rings is 1. The average molecular weight is 365 g/mol. The maximum Gasteiger partial charge on any atom is 0.310 e. The Morgan fingerprint density at radius 1 is 1.44 bits per heavy atom. The Morgan fingerprint density at radius 3 is 2.92 bits per heavy atom. The number of rotatable bonds is 5. The Bertz CT molecular complexity index is 787. The highest BCUT2D eigenvalue weighted by Gasteiger charge is 2.27. The van der Waals surface area contributed by atoms with E-state index >= 15 is 0 Å². The number of benzene rings is 1. The molecule has 1 aliphatic heterocycles. The normalized spacial score (nSPS) is 18.2. The number of carbonyl (C=O) groups is 1. The van der Waals surface area contributed by atoms with Crippen LogP contribution in [0.3, 0.4) is 0 Å². The van der Waals surface area contributed by atoms with Gasteiger partial charge in [-0.1, -0.05) is 0 Å². The molecule has 0 saturated carbocycles. The molecule has 1 saturated heterocycles. The van der Waals surface area contributed by atoms with Gasteiger partial charge in [-0.05, 0) is 62.8 Å². The van der Waals surface area contributed by atoms with Gasteiger partial charge in [0.15, 0.2) is 0 Å². The maximum absolute atomic E-state index is 13.0. The van der Waals surface area contributed by atoms with Gasteiger partial charge < -0.3 is 9.15 Å². The number of nitrogens with zero attached hydrogens (tertiary/aromatic N) is 3. The summed E-state index contributed by atoms with van der Waals surface area (Å²) in [4.78, 5) is 14.3. The third-order valence-corrected chi connectivity index (χ3v) is 4.45. The molecule has 0 N–H and O–H groups in total. The van der Waals surface area contributed by atoms with E-state index in [9.17, 15) is 9.18 Å². The minimum atomic E-state index is -0.319. The van der Waals surface area contributed by atoms with Crippen molar-refractivity contribution < 1.29 is 18.3 Å². The van der Waals surface area contributed by atoms with Crippen LogP contribution >= 0.6 is 12.2 Å². The van der Waals surface area contributed by atoms with Gasteiger partial charge >= 0.3 is 5.97 Å². The van der Waals surface area contributed by atoms with Gasteiger partial charge in [0.05, 0.1) is 19.2 Å². The number of esters is 1. The number of ether oxygens (including phenoxy) is 1. The van der Waals surface area contributed by atoms with Crippen LogP contribution in [0.2, 0.25) is 0 Å². The summed E-state index contributed by atoms with van der Waals surface area (Å²) in [5.74, 6) is -0.238. The highest BCUT2D eigenvalue weighted by molar-refractivity contribution is 7.71. The molecule has 1 aromatic heterocycles. The molecule has 0 amide bonds. The highest BCUT2D eigenvalue weighted by Crippen LogP contribution is 2.21. The fourth-order valence-electron chi connectivity index (χ4n) is 2.93. The van der Waals surface area contributed by atoms with Gasteiger partial charge in [-0.3, -0.25) is 9.69 Å². The first-order valence-electron chi connectivity index (χ1n) is 8.29. The van der Waals surface area contributed by atoms with E-state index in [1.54, 1.807) is 16.8 Å². The first-order chi connectivity index (χ1) is 12.1. The van der Waals surface area contributed by atoms with Crippen molar-refractivity contribution in [2.45, 2.75) is 26.4 Å². The summed E-state index contributed by atoms with van der Waals surface area (Å²) >= 11 is 5.23. The molecule has 1 atom stereocenters. The van der Waals surface area contributed by atoms with Crippen LogP contribution in [0.15, 0.2) is 28.7 Å². The molecule has 1 fully saturated rings. The van der Waals surface area contributed by atoms with Crippen LogP contribution in [0.5, 0.6) is 0 Å². The zero-order chi connectivity index (χ0) is 17.8. The molecule has 0 unspecified atom stereocenters. The molecule has 0 aliphatic carbocycles. The second-order valence-corrected chi connectivity index (χ2v) is 6.34. The van der Waals surface area contributed by atoms with Crippen molar-refractivity contribution in [1.82, 2.24) is 14.7 Å².